The number of aromatic nitrogens is 1. The molecule has 0 aliphatic carbocycles. The van der Waals surface area contributed by atoms with Crippen LogP contribution in [0, 0.1) is 6.92 Å². The van der Waals surface area contributed by atoms with E-state index in [0.29, 0.717) is 5.15 Å². The summed E-state index contributed by atoms with van der Waals surface area (Å²) in [5.41, 5.74) is 4.70. The van der Waals surface area contributed by atoms with Gasteiger partial charge in [-0.25, -0.2) is 4.98 Å². The molecular weight excluding hydrogens is 280 g/mol. The fourth-order valence-electron chi connectivity index (χ4n) is 2.35. The van der Waals surface area contributed by atoms with E-state index in [0.717, 1.165) is 17.7 Å². The Morgan fingerprint density at radius 3 is 2.52 bits per heavy atom. The predicted molar refractivity (Wildman–Crippen MR) is 91.1 cm³/mol. The van der Waals surface area contributed by atoms with E-state index in [1.807, 2.05) is 13.0 Å². The summed E-state index contributed by atoms with van der Waals surface area (Å²) in [7, 11) is 0. The van der Waals surface area contributed by atoms with Crippen LogP contribution < -0.4 is 5.32 Å². The highest BCUT2D eigenvalue weighted by Gasteiger charge is 2.10. The lowest BCUT2D eigenvalue weighted by molar-refractivity contribution is 0.793. The first-order valence-corrected chi connectivity index (χ1v) is 7.96. The Bertz CT molecular complexity index is 558. The molecule has 112 valence electrons. The van der Waals surface area contributed by atoms with E-state index in [1.165, 1.54) is 24.0 Å². The minimum atomic E-state index is 0.200. The fraction of sp³-hybridized carbons (Fsp3) is 0.389. The molecule has 0 spiro atoms. The van der Waals surface area contributed by atoms with Gasteiger partial charge in [-0.2, -0.15) is 0 Å². The molecule has 0 aliphatic rings. The SMILES string of the molecule is CCCCc1ccc(C(C)Nc2c(C)ccnc2Cl)cc1. The number of nitrogens with one attached hydrogen (secondary N) is 1. The number of benzene rings is 1. The molecule has 0 fully saturated rings. The van der Waals surface area contributed by atoms with E-state index in [4.69, 9.17) is 11.6 Å². The number of hydrogen-bond acceptors (Lipinski definition) is 2. The molecule has 21 heavy (non-hydrogen) atoms. The lowest BCUT2D eigenvalue weighted by Gasteiger charge is -2.18. The van der Waals surface area contributed by atoms with Crippen LogP contribution in [0.1, 0.15) is 49.4 Å². The van der Waals surface area contributed by atoms with E-state index >= 15 is 0 Å². The van der Waals surface area contributed by atoms with Crippen LogP contribution in [0.2, 0.25) is 5.15 Å². The predicted octanol–water partition coefficient (Wildman–Crippen LogP) is 5.56. The third kappa shape index (κ3) is 4.21. The monoisotopic (exact) mass is 302 g/mol. The van der Waals surface area contributed by atoms with Crippen LogP contribution in [0.15, 0.2) is 36.5 Å². The molecule has 2 nitrogen and oxygen atoms in total. The van der Waals surface area contributed by atoms with Crippen molar-refractivity contribution in [1.82, 2.24) is 4.98 Å². The van der Waals surface area contributed by atoms with Crippen molar-refractivity contribution in [3.63, 3.8) is 0 Å². The molecular formula is C18H23ClN2. The molecule has 1 aromatic carbocycles. The average molecular weight is 303 g/mol. The van der Waals surface area contributed by atoms with Crippen molar-refractivity contribution in [2.75, 3.05) is 5.32 Å². The molecule has 1 aromatic heterocycles. The zero-order chi connectivity index (χ0) is 15.2. The Balaban J connectivity index is 2.08. The number of hydrogen-bond donors (Lipinski definition) is 1. The maximum atomic E-state index is 6.17. The summed E-state index contributed by atoms with van der Waals surface area (Å²) in [6.45, 7) is 6.40. The van der Waals surface area contributed by atoms with Gasteiger partial charge in [0.15, 0.2) is 5.15 Å². The van der Waals surface area contributed by atoms with Gasteiger partial charge in [-0.05, 0) is 49.4 Å². The summed E-state index contributed by atoms with van der Waals surface area (Å²) in [5, 5.41) is 3.99. The number of pyridine rings is 1. The first kappa shape index (κ1) is 15.8. The van der Waals surface area contributed by atoms with Crippen molar-refractivity contribution in [3.05, 3.63) is 58.4 Å². The van der Waals surface area contributed by atoms with Crippen molar-refractivity contribution in [3.8, 4) is 0 Å². The highest BCUT2D eigenvalue weighted by Crippen LogP contribution is 2.27. The van der Waals surface area contributed by atoms with E-state index in [9.17, 15) is 0 Å². The Morgan fingerprint density at radius 1 is 1.19 bits per heavy atom. The topological polar surface area (TPSA) is 24.9 Å². The molecule has 2 aromatic rings. The molecule has 1 atom stereocenters. The molecule has 0 saturated heterocycles. The lowest BCUT2D eigenvalue weighted by Crippen LogP contribution is -2.08. The van der Waals surface area contributed by atoms with Crippen molar-refractivity contribution in [2.45, 2.75) is 46.1 Å². The first-order chi connectivity index (χ1) is 10.1. The van der Waals surface area contributed by atoms with Gasteiger partial charge in [0.2, 0.25) is 0 Å². The molecule has 0 radical (unpaired) electrons. The van der Waals surface area contributed by atoms with E-state index in [-0.39, 0.29) is 6.04 Å². The normalized spacial score (nSPS) is 12.2. The van der Waals surface area contributed by atoms with Crippen LogP contribution in [0.4, 0.5) is 5.69 Å². The third-order valence-corrected chi connectivity index (χ3v) is 4.06. The van der Waals surface area contributed by atoms with Crippen LogP contribution in [-0.2, 0) is 6.42 Å². The number of nitrogens with zero attached hydrogens (tertiary/aromatic N) is 1. The average Bonchev–Trinajstić information content (AvgIpc) is 2.49. The quantitative estimate of drug-likeness (QED) is 0.707. The fourth-order valence-corrected chi connectivity index (χ4v) is 2.61. The van der Waals surface area contributed by atoms with E-state index < -0.39 is 0 Å². The van der Waals surface area contributed by atoms with E-state index in [2.05, 4.69) is 48.4 Å². The molecule has 0 bridgehead atoms. The van der Waals surface area contributed by atoms with Gasteiger partial charge < -0.3 is 5.32 Å². The maximum Gasteiger partial charge on any atom is 0.152 e. The third-order valence-electron chi connectivity index (χ3n) is 3.77. The highest BCUT2D eigenvalue weighted by atomic mass is 35.5. The molecule has 1 unspecified atom stereocenters. The first-order valence-electron chi connectivity index (χ1n) is 7.58. The van der Waals surface area contributed by atoms with Gasteiger partial charge >= 0.3 is 0 Å². The standard InChI is InChI=1S/C18H23ClN2/c1-4-5-6-15-7-9-16(10-8-15)14(3)21-17-13(2)11-12-20-18(17)19/h7-12,14,21H,4-6H2,1-3H3. The molecule has 3 heteroatoms. The maximum absolute atomic E-state index is 6.17. The summed E-state index contributed by atoms with van der Waals surface area (Å²) in [4.78, 5) is 4.14. The van der Waals surface area contributed by atoms with E-state index in [1.54, 1.807) is 6.20 Å². The second kappa shape index (κ2) is 7.46. The summed E-state index contributed by atoms with van der Waals surface area (Å²) >= 11 is 6.17. The van der Waals surface area contributed by atoms with Crippen LogP contribution in [0.3, 0.4) is 0 Å². The highest BCUT2D eigenvalue weighted by molar-refractivity contribution is 6.32. The minimum absolute atomic E-state index is 0.200. The number of unbranched alkanes of at least 4 members (excludes halogenated alkanes) is 1. The van der Waals surface area contributed by atoms with Gasteiger partial charge in [-0.3, -0.25) is 0 Å². The van der Waals surface area contributed by atoms with Gasteiger partial charge in [0, 0.05) is 12.2 Å². The molecule has 0 amide bonds. The van der Waals surface area contributed by atoms with Crippen LogP contribution >= 0.6 is 11.6 Å². The second-order valence-corrected chi connectivity index (χ2v) is 5.86. The van der Waals surface area contributed by atoms with Crippen LogP contribution in [-0.4, -0.2) is 4.98 Å². The summed E-state index contributed by atoms with van der Waals surface area (Å²) in [6, 6.07) is 11.0. The summed E-state index contributed by atoms with van der Waals surface area (Å²) < 4.78 is 0. The zero-order valence-corrected chi connectivity index (χ0v) is 13.7. The molecule has 0 aliphatic heterocycles. The van der Waals surface area contributed by atoms with Crippen LogP contribution in [0.25, 0.3) is 0 Å². The second-order valence-electron chi connectivity index (χ2n) is 5.50. The van der Waals surface area contributed by atoms with Gasteiger partial charge in [0.25, 0.3) is 0 Å². The number of rotatable bonds is 6. The van der Waals surface area contributed by atoms with Crippen LogP contribution in [0.5, 0.6) is 0 Å². The Kier molecular flexibility index (Phi) is 5.63. The summed E-state index contributed by atoms with van der Waals surface area (Å²) in [5.74, 6) is 0. The Hall–Kier alpha value is -1.54. The minimum Gasteiger partial charge on any atom is -0.376 e. The lowest BCUT2D eigenvalue weighted by atomic mass is 10.0. The van der Waals surface area contributed by atoms with Crippen molar-refractivity contribution >= 4 is 17.3 Å². The molecule has 0 saturated carbocycles. The van der Waals surface area contributed by atoms with Crippen molar-refractivity contribution in [2.24, 2.45) is 0 Å². The Morgan fingerprint density at radius 2 is 1.90 bits per heavy atom. The summed E-state index contributed by atoms with van der Waals surface area (Å²) in [6.07, 6.45) is 5.37. The number of halogens is 1. The van der Waals surface area contributed by atoms with Crippen molar-refractivity contribution < 1.29 is 0 Å². The van der Waals surface area contributed by atoms with Gasteiger partial charge in [0.05, 0.1) is 5.69 Å². The number of aryl methyl sites for hydroxylation is 2. The zero-order valence-electron chi connectivity index (χ0n) is 13.0. The number of anilines is 1. The Labute approximate surface area is 132 Å². The van der Waals surface area contributed by atoms with Gasteiger partial charge in [-0.15, -0.1) is 0 Å². The smallest absolute Gasteiger partial charge is 0.152 e. The largest absolute Gasteiger partial charge is 0.376 e. The van der Waals surface area contributed by atoms with Gasteiger partial charge in [0.1, 0.15) is 0 Å². The molecule has 1 N–H and O–H groups in total. The molecule has 2 rings (SSSR count). The molecule has 1 heterocycles. The van der Waals surface area contributed by atoms with Crippen molar-refractivity contribution in [1.29, 1.82) is 0 Å². The van der Waals surface area contributed by atoms with Gasteiger partial charge in [-0.1, -0.05) is 49.2 Å².